The number of benzene rings is 1. The van der Waals surface area contributed by atoms with E-state index in [-0.39, 0.29) is 10.8 Å². The highest BCUT2D eigenvalue weighted by molar-refractivity contribution is 6.69. The molecule has 0 aromatic heterocycles. The van der Waals surface area contributed by atoms with E-state index in [2.05, 4.69) is 78.8 Å². The van der Waals surface area contributed by atoms with Crippen LogP contribution >= 0.6 is 0 Å². The molecule has 0 spiro atoms. The zero-order valence-electron chi connectivity index (χ0n) is 18.8. The van der Waals surface area contributed by atoms with Gasteiger partial charge in [-0.2, -0.15) is 0 Å². The van der Waals surface area contributed by atoms with Crippen molar-refractivity contribution in [1.29, 1.82) is 0 Å². The molecule has 0 bridgehead atoms. The summed E-state index contributed by atoms with van der Waals surface area (Å²) in [6.45, 7) is 16.8. The van der Waals surface area contributed by atoms with Crippen molar-refractivity contribution in [2.24, 2.45) is 10.8 Å². The highest BCUT2D eigenvalue weighted by Gasteiger charge is 2.53. The highest BCUT2D eigenvalue weighted by Crippen LogP contribution is 2.50. The van der Waals surface area contributed by atoms with Crippen LogP contribution in [-0.4, -0.2) is 22.3 Å². The SMILES string of the molecule is CCCC[Si](OC)(OCCC(C)(C)C)C1c2cc(C)ccc2C=CC1(C)C. The van der Waals surface area contributed by atoms with Gasteiger partial charge in [0.05, 0.1) is 0 Å². The fraction of sp³-hybridized carbons (Fsp3) is 0.667. The van der Waals surface area contributed by atoms with Crippen molar-refractivity contribution in [3.8, 4) is 0 Å². The first-order chi connectivity index (χ1) is 12.5. The average molecular weight is 389 g/mol. The molecule has 0 heterocycles. The summed E-state index contributed by atoms with van der Waals surface area (Å²) in [7, 11) is -0.559. The smallest absolute Gasteiger partial charge is 0.346 e. The van der Waals surface area contributed by atoms with Crippen molar-refractivity contribution in [2.45, 2.75) is 79.3 Å². The van der Waals surface area contributed by atoms with E-state index in [1.165, 1.54) is 23.1 Å². The van der Waals surface area contributed by atoms with Gasteiger partial charge < -0.3 is 8.85 Å². The van der Waals surface area contributed by atoms with E-state index in [1.807, 2.05) is 7.11 Å². The Morgan fingerprint density at radius 1 is 1.19 bits per heavy atom. The van der Waals surface area contributed by atoms with Crippen LogP contribution in [0.1, 0.15) is 83.0 Å². The Bertz CT molecular complexity index is 657. The topological polar surface area (TPSA) is 18.5 Å². The molecule has 27 heavy (non-hydrogen) atoms. The van der Waals surface area contributed by atoms with E-state index in [0.717, 1.165) is 25.5 Å². The second-order valence-electron chi connectivity index (χ2n) is 10.00. The first kappa shape index (κ1) is 22.4. The Hall–Kier alpha value is -0.903. The molecule has 152 valence electrons. The molecular formula is C24H40O2Si. The van der Waals surface area contributed by atoms with Crippen LogP contribution in [0.2, 0.25) is 6.04 Å². The molecule has 0 fully saturated rings. The first-order valence-corrected chi connectivity index (χ1v) is 12.6. The van der Waals surface area contributed by atoms with E-state index >= 15 is 0 Å². The fourth-order valence-electron chi connectivity index (χ4n) is 4.23. The van der Waals surface area contributed by atoms with Crippen molar-refractivity contribution in [3.63, 3.8) is 0 Å². The summed E-state index contributed by atoms with van der Waals surface area (Å²) < 4.78 is 13.2. The van der Waals surface area contributed by atoms with E-state index in [1.54, 1.807) is 0 Å². The van der Waals surface area contributed by atoms with Gasteiger partial charge in [0.2, 0.25) is 0 Å². The van der Waals surface area contributed by atoms with E-state index in [9.17, 15) is 0 Å². The van der Waals surface area contributed by atoms with Gasteiger partial charge in [-0.3, -0.25) is 0 Å². The first-order valence-electron chi connectivity index (χ1n) is 10.5. The maximum absolute atomic E-state index is 6.81. The summed E-state index contributed by atoms with van der Waals surface area (Å²) in [5.41, 5.74) is 4.67. The second-order valence-corrected chi connectivity index (χ2v) is 13.4. The third-order valence-corrected chi connectivity index (χ3v) is 10.2. The third-order valence-electron chi connectivity index (χ3n) is 5.85. The Morgan fingerprint density at radius 3 is 2.48 bits per heavy atom. The molecule has 1 aromatic rings. The van der Waals surface area contributed by atoms with Crippen LogP contribution in [0.15, 0.2) is 24.3 Å². The average Bonchev–Trinajstić information content (AvgIpc) is 2.57. The number of unbranched alkanes of at least 4 members (excludes halogenated alkanes) is 1. The van der Waals surface area contributed by atoms with Gasteiger partial charge in [0, 0.05) is 19.3 Å². The highest BCUT2D eigenvalue weighted by atomic mass is 28.4. The van der Waals surface area contributed by atoms with Crippen LogP contribution in [0.25, 0.3) is 6.08 Å². The summed E-state index contributed by atoms with van der Waals surface area (Å²) in [6.07, 6.45) is 8.04. The summed E-state index contributed by atoms with van der Waals surface area (Å²) in [6, 6.07) is 7.89. The lowest BCUT2D eigenvalue weighted by molar-refractivity contribution is 0.148. The quantitative estimate of drug-likeness (QED) is 0.446. The van der Waals surface area contributed by atoms with Gasteiger partial charge in [-0.15, -0.1) is 0 Å². The van der Waals surface area contributed by atoms with E-state index < -0.39 is 8.56 Å². The van der Waals surface area contributed by atoms with Crippen molar-refractivity contribution >= 4 is 14.6 Å². The van der Waals surface area contributed by atoms with Crippen LogP contribution in [0, 0.1) is 17.8 Å². The van der Waals surface area contributed by atoms with Crippen LogP contribution < -0.4 is 0 Å². The van der Waals surface area contributed by atoms with E-state index in [4.69, 9.17) is 8.85 Å². The zero-order chi connectivity index (χ0) is 20.3. The molecule has 2 nitrogen and oxygen atoms in total. The molecule has 0 saturated carbocycles. The number of hydrogen-bond acceptors (Lipinski definition) is 2. The standard InChI is InChI=1S/C24H40O2Si/c1-9-10-17-27(25-8,26-16-15-23(3,4)5)22-21-18-19(2)11-12-20(21)13-14-24(22,6)7/h11-14,18,22H,9-10,15-17H2,1-8H3. The van der Waals surface area contributed by atoms with Crippen molar-refractivity contribution in [3.05, 3.63) is 41.0 Å². The van der Waals surface area contributed by atoms with Gasteiger partial charge in [-0.25, -0.2) is 0 Å². The zero-order valence-corrected chi connectivity index (χ0v) is 19.8. The number of rotatable bonds is 8. The van der Waals surface area contributed by atoms with Gasteiger partial charge in [0.1, 0.15) is 0 Å². The predicted molar refractivity (Wildman–Crippen MR) is 119 cm³/mol. The lowest BCUT2D eigenvalue weighted by atomic mass is 9.78. The third kappa shape index (κ3) is 5.33. The molecule has 1 aliphatic carbocycles. The Morgan fingerprint density at radius 2 is 1.89 bits per heavy atom. The van der Waals surface area contributed by atoms with Crippen LogP contribution in [0.3, 0.4) is 0 Å². The predicted octanol–water partition coefficient (Wildman–Crippen LogP) is 7.01. The number of allylic oxidation sites excluding steroid dienone is 1. The minimum absolute atomic E-state index is 0.0263. The lowest BCUT2D eigenvalue weighted by Crippen LogP contribution is -2.53. The Kier molecular flexibility index (Phi) is 7.15. The minimum atomic E-state index is -2.45. The number of hydrogen-bond donors (Lipinski definition) is 0. The van der Waals surface area contributed by atoms with Crippen molar-refractivity contribution in [2.75, 3.05) is 13.7 Å². The molecule has 0 amide bonds. The van der Waals surface area contributed by atoms with E-state index in [0.29, 0.717) is 5.54 Å². The Labute approximate surface area is 168 Å². The van der Waals surface area contributed by atoms with Crippen molar-refractivity contribution < 1.29 is 8.85 Å². The molecule has 2 rings (SSSR count). The van der Waals surface area contributed by atoms with Gasteiger partial charge in [0.15, 0.2) is 0 Å². The normalized spacial score (nSPS) is 21.0. The number of aryl methyl sites for hydroxylation is 1. The van der Waals surface area contributed by atoms with Crippen LogP contribution in [0.5, 0.6) is 0 Å². The monoisotopic (exact) mass is 388 g/mol. The maximum Gasteiger partial charge on any atom is 0.346 e. The fourth-order valence-corrected chi connectivity index (χ4v) is 8.64. The molecule has 0 N–H and O–H groups in total. The van der Waals surface area contributed by atoms with Gasteiger partial charge in [-0.05, 0) is 41.3 Å². The molecule has 0 aliphatic heterocycles. The summed E-state index contributed by atoms with van der Waals surface area (Å²) in [4.78, 5) is 0. The number of fused-ring (bicyclic) bond motifs is 1. The van der Waals surface area contributed by atoms with Gasteiger partial charge in [-0.1, -0.05) is 90.3 Å². The molecule has 3 heteroatoms. The van der Waals surface area contributed by atoms with Gasteiger partial charge >= 0.3 is 8.56 Å². The molecule has 2 atom stereocenters. The van der Waals surface area contributed by atoms with Crippen LogP contribution in [-0.2, 0) is 8.85 Å². The molecule has 1 aliphatic rings. The molecule has 0 radical (unpaired) electrons. The lowest BCUT2D eigenvalue weighted by Gasteiger charge is -2.46. The molecule has 2 unspecified atom stereocenters. The second kappa shape index (κ2) is 8.63. The van der Waals surface area contributed by atoms with Crippen molar-refractivity contribution in [1.82, 2.24) is 0 Å². The largest absolute Gasteiger partial charge is 0.397 e. The minimum Gasteiger partial charge on any atom is -0.397 e. The maximum atomic E-state index is 6.81. The molecule has 1 aromatic carbocycles. The summed E-state index contributed by atoms with van der Waals surface area (Å²) >= 11 is 0. The Balaban J connectivity index is 2.48. The van der Waals surface area contributed by atoms with Crippen LogP contribution in [0.4, 0.5) is 0 Å². The molecule has 0 saturated heterocycles. The van der Waals surface area contributed by atoms with Gasteiger partial charge in [0.25, 0.3) is 0 Å². The summed E-state index contributed by atoms with van der Waals surface area (Å²) in [5, 5.41) is 0. The molecular weight excluding hydrogens is 348 g/mol. The summed E-state index contributed by atoms with van der Waals surface area (Å²) in [5.74, 6) is 0.